The predicted octanol–water partition coefficient (Wildman–Crippen LogP) is 3.18. The second kappa shape index (κ2) is 3.76. The van der Waals surface area contributed by atoms with Gasteiger partial charge in [-0.05, 0) is 36.2 Å². The fraction of sp³-hybridized carbons (Fsp3) is 0.0833. The molecule has 0 aliphatic rings. The van der Waals surface area contributed by atoms with Crippen LogP contribution in [0.2, 0.25) is 0 Å². The van der Waals surface area contributed by atoms with E-state index in [1.807, 2.05) is 37.3 Å². The van der Waals surface area contributed by atoms with Gasteiger partial charge in [0.1, 0.15) is 10.9 Å². The summed E-state index contributed by atoms with van der Waals surface area (Å²) in [6.45, 7) is 1.98. The van der Waals surface area contributed by atoms with Crippen molar-refractivity contribution in [3.63, 3.8) is 0 Å². The molecule has 2 rings (SSSR count). The molecule has 0 atom stereocenters. The molecule has 0 radical (unpaired) electrons. The lowest BCUT2D eigenvalue weighted by Crippen LogP contribution is -1.88. The summed E-state index contributed by atoms with van der Waals surface area (Å²) in [5.41, 5.74) is 8.78. The van der Waals surface area contributed by atoms with Crippen molar-refractivity contribution in [2.24, 2.45) is 0 Å². The molecule has 3 heteroatoms. The molecular weight excluding hydrogens is 204 g/mol. The predicted molar refractivity (Wildman–Crippen MR) is 63.6 cm³/mol. The highest BCUT2D eigenvalue weighted by Gasteiger charge is 2.03. The highest BCUT2D eigenvalue weighted by Crippen LogP contribution is 2.29. The van der Waals surface area contributed by atoms with Crippen molar-refractivity contribution in [3.05, 3.63) is 40.8 Å². The Morgan fingerprint density at radius 1 is 1.27 bits per heavy atom. The van der Waals surface area contributed by atoms with Gasteiger partial charge in [-0.25, -0.2) is 0 Å². The van der Waals surface area contributed by atoms with Crippen molar-refractivity contribution in [1.82, 2.24) is 0 Å². The average Bonchev–Trinajstić information content (AvgIpc) is 2.70. The van der Waals surface area contributed by atoms with Crippen LogP contribution in [0.25, 0.3) is 10.4 Å². The molecule has 0 unspecified atom stereocenters. The molecule has 0 amide bonds. The summed E-state index contributed by atoms with van der Waals surface area (Å²) >= 11 is 1.48. The third-order valence-corrected chi connectivity index (χ3v) is 3.32. The number of benzene rings is 1. The second-order valence-corrected chi connectivity index (χ2v) is 4.43. The molecule has 0 aliphatic carbocycles. The average molecular weight is 214 g/mol. The van der Waals surface area contributed by atoms with E-state index >= 15 is 0 Å². The Balaban J connectivity index is 2.46. The topological polar surface area (TPSA) is 49.8 Å². The summed E-state index contributed by atoms with van der Waals surface area (Å²) in [5.74, 6) is 0. The van der Waals surface area contributed by atoms with Gasteiger partial charge in [-0.15, -0.1) is 11.3 Å². The number of anilines is 1. The zero-order valence-electron chi connectivity index (χ0n) is 8.32. The fourth-order valence-corrected chi connectivity index (χ4v) is 2.15. The number of nitrogens with zero attached hydrogens (tertiary/aromatic N) is 1. The summed E-state index contributed by atoms with van der Waals surface area (Å²) < 4.78 is 0. The van der Waals surface area contributed by atoms with E-state index in [0.29, 0.717) is 0 Å². The Morgan fingerprint density at radius 3 is 2.67 bits per heavy atom. The van der Waals surface area contributed by atoms with Gasteiger partial charge in [0.25, 0.3) is 0 Å². The molecule has 2 nitrogen and oxygen atoms in total. The highest BCUT2D eigenvalue weighted by molar-refractivity contribution is 7.16. The van der Waals surface area contributed by atoms with Crippen LogP contribution in [-0.2, 0) is 0 Å². The summed E-state index contributed by atoms with van der Waals surface area (Å²) in [5, 5.41) is 8.73. The number of hydrogen-bond donors (Lipinski definition) is 1. The van der Waals surface area contributed by atoms with Crippen LogP contribution in [0, 0.1) is 18.3 Å². The minimum absolute atomic E-state index is 0.726. The Morgan fingerprint density at radius 2 is 2.07 bits per heavy atom. The summed E-state index contributed by atoms with van der Waals surface area (Å²) in [6.07, 6.45) is 0. The van der Waals surface area contributed by atoms with Crippen molar-refractivity contribution in [2.45, 2.75) is 6.92 Å². The van der Waals surface area contributed by atoms with Gasteiger partial charge < -0.3 is 5.73 Å². The third-order valence-electron chi connectivity index (χ3n) is 2.28. The second-order valence-electron chi connectivity index (χ2n) is 3.35. The van der Waals surface area contributed by atoms with Crippen LogP contribution in [0.5, 0.6) is 0 Å². The van der Waals surface area contributed by atoms with Crippen molar-refractivity contribution >= 4 is 17.0 Å². The Hall–Kier alpha value is -1.79. The number of hydrogen-bond acceptors (Lipinski definition) is 3. The first-order chi connectivity index (χ1) is 7.20. The zero-order valence-corrected chi connectivity index (χ0v) is 9.14. The number of rotatable bonds is 1. The SMILES string of the molecule is Cc1ccc(-c2ccc(C#N)s2)cc1N. The molecule has 0 spiro atoms. The molecule has 0 bridgehead atoms. The lowest BCUT2D eigenvalue weighted by molar-refractivity contribution is 1.47. The molecule has 1 aromatic carbocycles. The van der Waals surface area contributed by atoms with E-state index in [4.69, 9.17) is 11.0 Å². The molecule has 0 saturated heterocycles. The van der Waals surface area contributed by atoms with Gasteiger partial charge in [-0.3, -0.25) is 0 Å². The lowest BCUT2D eigenvalue weighted by Gasteiger charge is -2.02. The van der Waals surface area contributed by atoms with E-state index in [-0.39, 0.29) is 0 Å². The van der Waals surface area contributed by atoms with Gasteiger partial charge in [0, 0.05) is 10.6 Å². The Labute approximate surface area is 92.6 Å². The van der Waals surface area contributed by atoms with Crippen LogP contribution in [0.4, 0.5) is 5.69 Å². The zero-order chi connectivity index (χ0) is 10.8. The molecular formula is C12H10N2S. The summed E-state index contributed by atoms with van der Waals surface area (Å²) in [7, 11) is 0. The van der Waals surface area contributed by atoms with Crippen LogP contribution >= 0.6 is 11.3 Å². The molecule has 1 aromatic heterocycles. The molecule has 74 valence electrons. The smallest absolute Gasteiger partial charge is 0.110 e. The molecule has 2 N–H and O–H groups in total. The highest BCUT2D eigenvalue weighted by atomic mass is 32.1. The standard InChI is InChI=1S/C12H10N2S/c1-8-2-3-9(6-11(8)14)12-5-4-10(7-13)15-12/h2-6H,14H2,1H3. The molecule has 0 fully saturated rings. The van der Waals surface area contributed by atoms with E-state index in [1.54, 1.807) is 0 Å². The third kappa shape index (κ3) is 1.85. The fourth-order valence-electron chi connectivity index (χ4n) is 1.35. The van der Waals surface area contributed by atoms with Gasteiger partial charge in [0.2, 0.25) is 0 Å². The van der Waals surface area contributed by atoms with Gasteiger partial charge in [0.15, 0.2) is 0 Å². The molecule has 0 saturated carbocycles. The first-order valence-corrected chi connectivity index (χ1v) is 5.39. The number of nitrogen functional groups attached to an aromatic ring is 1. The Bertz CT molecular complexity index is 535. The number of thiophene rings is 1. The van der Waals surface area contributed by atoms with E-state index in [2.05, 4.69) is 6.07 Å². The summed E-state index contributed by atoms with van der Waals surface area (Å²) in [4.78, 5) is 1.81. The minimum Gasteiger partial charge on any atom is -0.398 e. The maximum absolute atomic E-state index is 8.73. The van der Waals surface area contributed by atoms with Gasteiger partial charge in [0.05, 0.1) is 0 Å². The maximum atomic E-state index is 8.73. The Kier molecular flexibility index (Phi) is 2.44. The van der Waals surface area contributed by atoms with Gasteiger partial charge in [-0.1, -0.05) is 12.1 Å². The monoisotopic (exact) mass is 214 g/mol. The first-order valence-electron chi connectivity index (χ1n) is 4.57. The van der Waals surface area contributed by atoms with Crippen molar-refractivity contribution in [1.29, 1.82) is 5.26 Å². The number of nitrogens with two attached hydrogens (primary N) is 1. The van der Waals surface area contributed by atoms with E-state index in [9.17, 15) is 0 Å². The normalized spacial score (nSPS) is 9.87. The summed E-state index contributed by atoms with van der Waals surface area (Å²) in [6, 6.07) is 11.9. The minimum atomic E-state index is 0.726. The van der Waals surface area contributed by atoms with Crippen molar-refractivity contribution < 1.29 is 0 Å². The van der Waals surface area contributed by atoms with Crippen molar-refractivity contribution in [2.75, 3.05) is 5.73 Å². The van der Waals surface area contributed by atoms with E-state index < -0.39 is 0 Å². The van der Waals surface area contributed by atoms with Gasteiger partial charge >= 0.3 is 0 Å². The maximum Gasteiger partial charge on any atom is 0.110 e. The quantitative estimate of drug-likeness (QED) is 0.741. The van der Waals surface area contributed by atoms with Gasteiger partial charge in [-0.2, -0.15) is 5.26 Å². The first kappa shape index (κ1) is 9.75. The molecule has 15 heavy (non-hydrogen) atoms. The largest absolute Gasteiger partial charge is 0.398 e. The van der Waals surface area contributed by atoms with Crippen LogP contribution in [0.1, 0.15) is 10.4 Å². The molecule has 2 aromatic rings. The van der Waals surface area contributed by atoms with Crippen LogP contribution in [0.15, 0.2) is 30.3 Å². The lowest BCUT2D eigenvalue weighted by atomic mass is 10.1. The van der Waals surface area contributed by atoms with E-state index in [1.165, 1.54) is 11.3 Å². The van der Waals surface area contributed by atoms with Crippen molar-refractivity contribution in [3.8, 4) is 16.5 Å². The molecule has 0 aliphatic heterocycles. The van der Waals surface area contributed by atoms with E-state index in [0.717, 1.165) is 26.6 Å². The number of aryl methyl sites for hydroxylation is 1. The number of nitriles is 1. The van der Waals surface area contributed by atoms with Crippen LogP contribution < -0.4 is 5.73 Å². The van der Waals surface area contributed by atoms with Crippen LogP contribution in [0.3, 0.4) is 0 Å². The molecule has 1 heterocycles. The van der Waals surface area contributed by atoms with Crippen LogP contribution in [-0.4, -0.2) is 0 Å².